The van der Waals surface area contributed by atoms with Gasteiger partial charge >= 0.3 is 0 Å². The second kappa shape index (κ2) is 7.92. The van der Waals surface area contributed by atoms with Gasteiger partial charge in [-0.05, 0) is 23.8 Å². The maximum absolute atomic E-state index is 5.92. The van der Waals surface area contributed by atoms with Crippen LogP contribution in [0.1, 0.15) is 44.6 Å². The molecular formula is C18H27NOS. The summed E-state index contributed by atoms with van der Waals surface area (Å²) in [6.45, 7) is 11.4. The van der Waals surface area contributed by atoms with Crippen molar-refractivity contribution in [1.29, 1.82) is 0 Å². The van der Waals surface area contributed by atoms with Crippen LogP contribution in [0.2, 0.25) is 0 Å². The molecule has 0 amide bonds. The second-order valence-corrected chi connectivity index (χ2v) is 7.41. The lowest BCUT2D eigenvalue weighted by atomic mass is 10.1. The van der Waals surface area contributed by atoms with E-state index < -0.39 is 0 Å². The highest BCUT2D eigenvalue weighted by Crippen LogP contribution is 2.32. The van der Waals surface area contributed by atoms with Crippen molar-refractivity contribution in [3.8, 4) is 0 Å². The molecule has 0 unspecified atom stereocenters. The summed E-state index contributed by atoms with van der Waals surface area (Å²) in [5, 5.41) is 4.88. The SMILES string of the molecule is CC(C)CCOCc1c(CNC(C)C)sc2ccccc12. The number of rotatable bonds is 8. The highest BCUT2D eigenvalue weighted by Gasteiger charge is 2.12. The van der Waals surface area contributed by atoms with Gasteiger partial charge in [-0.2, -0.15) is 0 Å². The van der Waals surface area contributed by atoms with Crippen LogP contribution in [-0.2, 0) is 17.9 Å². The Morgan fingerprint density at radius 2 is 1.90 bits per heavy atom. The fraction of sp³-hybridized carbons (Fsp3) is 0.556. The molecule has 2 aromatic rings. The van der Waals surface area contributed by atoms with Crippen LogP contribution < -0.4 is 5.32 Å². The van der Waals surface area contributed by atoms with Crippen LogP contribution in [0.5, 0.6) is 0 Å². The van der Waals surface area contributed by atoms with Gasteiger partial charge in [0.05, 0.1) is 6.61 Å². The average molecular weight is 305 g/mol. The molecule has 1 aromatic heterocycles. The summed E-state index contributed by atoms with van der Waals surface area (Å²) in [6.07, 6.45) is 1.13. The molecule has 2 rings (SSSR count). The maximum atomic E-state index is 5.92. The molecule has 0 fully saturated rings. The Bertz CT molecular complexity index is 559. The number of thiophene rings is 1. The minimum absolute atomic E-state index is 0.505. The normalized spacial score (nSPS) is 11.9. The fourth-order valence-electron chi connectivity index (χ4n) is 2.24. The van der Waals surface area contributed by atoms with E-state index in [0.717, 1.165) is 26.2 Å². The first-order valence-electron chi connectivity index (χ1n) is 7.88. The second-order valence-electron chi connectivity index (χ2n) is 6.27. The third-order valence-corrected chi connectivity index (χ3v) is 4.75. The number of hydrogen-bond donors (Lipinski definition) is 1. The lowest BCUT2D eigenvalue weighted by Gasteiger charge is -2.10. The van der Waals surface area contributed by atoms with Gasteiger partial charge in [0.25, 0.3) is 0 Å². The summed E-state index contributed by atoms with van der Waals surface area (Å²) in [6, 6.07) is 9.15. The van der Waals surface area contributed by atoms with Crippen molar-refractivity contribution in [3.05, 3.63) is 34.7 Å². The van der Waals surface area contributed by atoms with E-state index in [-0.39, 0.29) is 0 Å². The molecule has 0 atom stereocenters. The monoisotopic (exact) mass is 305 g/mol. The van der Waals surface area contributed by atoms with Crippen LogP contribution >= 0.6 is 11.3 Å². The first-order valence-corrected chi connectivity index (χ1v) is 8.70. The van der Waals surface area contributed by atoms with E-state index in [4.69, 9.17) is 4.74 Å². The van der Waals surface area contributed by atoms with Crippen LogP contribution in [0.25, 0.3) is 10.1 Å². The van der Waals surface area contributed by atoms with Gasteiger partial charge in [-0.25, -0.2) is 0 Å². The van der Waals surface area contributed by atoms with Gasteiger partial charge < -0.3 is 10.1 Å². The van der Waals surface area contributed by atoms with Crippen LogP contribution in [-0.4, -0.2) is 12.6 Å². The maximum Gasteiger partial charge on any atom is 0.0734 e. The Kier molecular flexibility index (Phi) is 6.22. The molecule has 21 heavy (non-hydrogen) atoms. The highest BCUT2D eigenvalue weighted by molar-refractivity contribution is 7.19. The van der Waals surface area contributed by atoms with Crippen molar-refractivity contribution >= 4 is 21.4 Å². The van der Waals surface area contributed by atoms with Crippen LogP contribution in [0.15, 0.2) is 24.3 Å². The fourth-order valence-corrected chi connectivity index (χ4v) is 3.40. The van der Waals surface area contributed by atoms with Gasteiger partial charge in [-0.15, -0.1) is 11.3 Å². The molecule has 0 aliphatic rings. The molecule has 0 saturated heterocycles. The van der Waals surface area contributed by atoms with Gasteiger partial charge in [0.2, 0.25) is 0 Å². The molecule has 2 nitrogen and oxygen atoms in total. The Balaban J connectivity index is 2.11. The van der Waals surface area contributed by atoms with E-state index in [0.29, 0.717) is 12.0 Å². The molecule has 0 bridgehead atoms. The molecule has 3 heteroatoms. The summed E-state index contributed by atoms with van der Waals surface area (Å²) in [7, 11) is 0. The molecule has 1 N–H and O–H groups in total. The molecule has 0 radical (unpaired) electrons. The summed E-state index contributed by atoms with van der Waals surface area (Å²) >= 11 is 1.89. The summed E-state index contributed by atoms with van der Waals surface area (Å²) in [5.41, 5.74) is 1.37. The number of fused-ring (bicyclic) bond motifs is 1. The quantitative estimate of drug-likeness (QED) is 0.696. The predicted octanol–water partition coefficient (Wildman–Crippen LogP) is 4.96. The van der Waals surface area contributed by atoms with E-state index in [1.165, 1.54) is 20.5 Å². The first kappa shape index (κ1) is 16.5. The van der Waals surface area contributed by atoms with Crippen molar-refractivity contribution in [2.24, 2.45) is 5.92 Å². The Morgan fingerprint density at radius 1 is 1.14 bits per heavy atom. The summed E-state index contributed by atoms with van der Waals surface area (Å²) in [5.74, 6) is 0.700. The van der Waals surface area contributed by atoms with E-state index in [1.54, 1.807) is 0 Å². The van der Waals surface area contributed by atoms with Crippen molar-refractivity contribution in [3.63, 3.8) is 0 Å². The summed E-state index contributed by atoms with van der Waals surface area (Å²) < 4.78 is 7.28. The number of nitrogens with one attached hydrogen (secondary N) is 1. The van der Waals surface area contributed by atoms with E-state index in [9.17, 15) is 0 Å². The van der Waals surface area contributed by atoms with Crippen molar-refractivity contribution in [2.75, 3.05) is 6.61 Å². The standard InChI is InChI=1S/C18H27NOS/c1-13(2)9-10-20-12-16-15-7-5-6-8-17(15)21-18(16)11-19-14(3)4/h5-8,13-14,19H,9-12H2,1-4H3. The molecule has 0 saturated carbocycles. The van der Waals surface area contributed by atoms with Gasteiger partial charge in [0.15, 0.2) is 0 Å². The zero-order valence-corrected chi connectivity index (χ0v) is 14.4. The zero-order chi connectivity index (χ0) is 15.2. The Morgan fingerprint density at radius 3 is 2.62 bits per heavy atom. The minimum Gasteiger partial charge on any atom is -0.377 e. The highest BCUT2D eigenvalue weighted by atomic mass is 32.1. The van der Waals surface area contributed by atoms with Gasteiger partial charge in [-0.1, -0.05) is 45.9 Å². The molecule has 0 aliphatic carbocycles. The van der Waals surface area contributed by atoms with E-state index >= 15 is 0 Å². The lowest BCUT2D eigenvalue weighted by Crippen LogP contribution is -2.21. The van der Waals surface area contributed by atoms with Crippen LogP contribution in [0.4, 0.5) is 0 Å². The third kappa shape index (κ3) is 4.80. The van der Waals surface area contributed by atoms with Gasteiger partial charge in [0, 0.05) is 34.3 Å². The predicted molar refractivity (Wildman–Crippen MR) is 92.9 cm³/mol. The van der Waals surface area contributed by atoms with Gasteiger partial charge in [-0.3, -0.25) is 0 Å². The topological polar surface area (TPSA) is 21.3 Å². The zero-order valence-electron chi connectivity index (χ0n) is 13.6. The van der Waals surface area contributed by atoms with Crippen molar-refractivity contribution in [1.82, 2.24) is 5.32 Å². The molecule has 1 aromatic carbocycles. The largest absolute Gasteiger partial charge is 0.377 e. The van der Waals surface area contributed by atoms with Crippen molar-refractivity contribution in [2.45, 2.75) is 53.3 Å². The summed E-state index contributed by atoms with van der Waals surface area (Å²) in [4.78, 5) is 1.41. The molecule has 116 valence electrons. The van der Waals surface area contributed by atoms with Gasteiger partial charge in [0.1, 0.15) is 0 Å². The smallest absolute Gasteiger partial charge is 0.0734 e. The molecule has 1 heterocycles. The number of benzene rings is 1. The minimum atomic E-state index is 0.505. The molecule has 0 spiro atoms. The van der Waals surface area contributed by atoms with E-state index in [1.807, 2.05) is 11.3 Å². The average Bonchev–Trinajstić information content (AvgIpc) is 2.79. The first-order chi connectivity index (χ1) is 10.1. The third-order valence-electron chi connectivity index (χ3n) is 3.54. The van der Waals surface area contributed by atoms with Crippen molar-refractivity contribution < 1.29 is 4.74 Å². The molecular weight excluding hydrogens is 278 g/mol. The lowest BCUT2D eigenvalue weighted by molar-refractivity contribution is 0.111. The van der Waals surface area contributed by atoms with Crippen LogP contribution in [0, 0.1) is 5.92 Å². The van der Waals surface area contributed by atoms with Crippen LogP contribution in [0.3, 0.4) is 0 Å². The number of hydrogen-bond acceptors (Lipinski definition) is 3. The Labute approximate surface area is 132 Å². The van der Waals surface area contributed by atoms with E-state index in [2.05, 4.69) is 57.3 Å². The Hall–Kier alpha value is -0.900. The number of ether oxygens (including phenoxy) is 1. The molecule has 0 aliphatic heterocycles.